The van der Waals surface area contributed by atoms with E-state index in [9.17, 15) is 9.18 Å². The molecule has 1 heterocycles. The third-order valence-corrected chi connectivity index (χ3v) is 3.76. The Morgan fingerprint density at radius 3 is 2.48 bits per heavy atom. The van der Waals surface area contributed by atoms with Crippen molar-refractivity contribution >= 4 is 29.0 Å². The van der Waals surface area contributed by atoms with Crippen molar-refractivity contribution in [2.45, 2.75) is 6.54 Å². The normalized spacial score (nSPS) is 10.3. The smallest absolute Gasteiger partial charge is 0.251 e. The van der Waals surface area contributed by atoms with Gasteiger partial charge in [-0.3, -0.25) is 4.79 Å². The van der Waals surface area contributed by atoms with Crippen LogP contribution in [-0.2, 0) is 6.54 Å². The lowest BCUT2D eigenvalue weighted by Crippen LogP contribution is -2.22. The Kier molecular flexibility index (Phi) is 5.26. The number of nitrogens with one attached hydrogen (secondary N) is 2. The van der Waals surface area contributed by atoms with E-state index in [4.69, 9.17) is 11.6 Å². The number of halogens is 2. The van der Waals surface area contributed by atoms with Crippen LogP contribution in [0.3, 0.4) is 0 Å². The first kappa shape index (κ1) is 16.9. The highest BCUT2D eigenvalue weighted by Gasteiger charge is 2.07. The monoisotopic (exact) mass is 355 g/mol. The Hall–Kier alpha value is -2.92. The van der Waals surface area contributed by atoms with Crippen molar-refractivity contribution in [3.63, 3.8) is 0 Å². The van der Waals surface area contributed by atoms with Gasteiger partial charge in [-0.1, -0.05) is 23.7 Å². The van der Waals surface area contributed by atoms with Gasteiger partial charge in [-0.15, -0.1) is 0 Å². The molecule has 25 heavy (non-hydrogen) atoms. The lowest BCUT2D eigenvalue weighted by Gasteiger charge is -2.08. The topological polar surface area (TPSA) is 54.0 Å². The molecule has 4 nitrogen and oxygen atoms in total. The summed E-state index contributed by atoms with van der Waals surface area (Å²) >= 11 is 5.86. The van der Waals surface area contributed by atoms with E-state index < -0.39 is 0 Å². The van der Waals surface area contributed by atoms with Crippen molar-refractivity contribution in [2.75, 3.05) is 5.32 Å². The number of benzene rings is 2. The Balaban J connectivity index is 1.64. The molecule has 0 unspecified atom stereocenters. The van der Waals surface area contributed by atoms with Crippen LogP contribution in [0.15, 0.2) is 66.9 Å². The minimum absolute atomic E-state index is 0.231. The highest BCUT2D eigenvalue weighted by atomic mass is 35.5. The summed E-state index contributed by atoms with van der Waals surface area (Å²) in [5.74, 6) is 0.0183. The summed E-state index contributed by atoms with van der Waals surface area (Å²) in [5.41, 5.74) is 2.12. The van der Waals surface area contributed by atoms with Crippen molar-refractivity contribution in [3.8, 4) is 0 Å². The minimum Gasteiger partial charge on any atom is -0.348 e. The number of hydrogen-bond acceptors (Lipinski definition) is 3. The van der Waals surface area contributed by atoms with E-state index in [1.807, 2.05) is 12.1 Å². The molecule has 0 atom stereocenters. The average molecular weight is 356 g/mol. The van der Waals surface area contributed by atoms with Crippen LogP contribution >= 0.6 is 11.6 Å². The van der Waals surface area contributed by atoms with Gasteiger partial charge in [0, 0.05) is 29.0 Å². The molecule has 1 aromatic heterocycles. The number of pyridine rings is 1. The Morgan fingerprint density at radius 1 is 1.04 bits per heavy atom. The second-order valence-electron chi connectivity index (χ2n) is 5.37. The van der Waals surface area contributed by atoms with Gasteiger partial charge < -0.3 is 10.6 Å². The Morgan fingerprint density at radius 2 is 1.76 bits per heavy atom. The zero-order valence-electron chi connectivity index (χ0n) is 13.2. The Bertz CT molecular complexity index is 867. The number of carbonyl (C=O) groups excluding carboxylic acids is 1. The van der Waals surface area contributed by atoms with Crippen LogP contribution in [0.2, 0.25) is 5.02 Å². The molecule has 2 N–H and O–H groups in total. The highest BCUT2D eigenvalue weighted by molar-refractivity contribution is 6.30. The number of anilines is 2. The third-order valence-electron chi connectivity index (χ3n) is 3.51. The fourth-order valence-electron chi connectivity index (χ4n) is 2.21. The van der Waals surface area contributed by atoms with Gasteiger partial charge >= 0.3 is 0 Å². The molecular weight excluding hydrogens is 341 g/mol. The first-order valence-electron chi connectivity index (χ1n) is 7.61. The van der Waals surface area contributed by atoms with Gasteiger partial charge in [0.1, 0.15) is 11.6 Å². The van der Waals surface area contributed by atoms with E-state index in [2.05, 4.69) is 15.6 Å². The molecule has 0 aliphatic rings. The van der Waals surface area contributed by atoms with Crippen molar-refractivity contribution in [2.24, 2.45) is 0 Å². The minimum atomic E-state index is -0.304. The van der Waals surface area contributed by atoms with Gasteiger partial charge in [0.15, 0.2) is 0 Å². The summed E-state index contributed by atoms with van der Waals surface area (Å²) in [6.45, 7) is 0.321. The number of rotatable bonds is 5. The van der Waals surface area contributed by atoms with Crippen LogP contribution < -0.4 is 10.6 Å². The van der Waals surface area contributed by atoms with Gasteiger partial charge in [-0.05, 0) is 54.1 Å². The fraction of sp³-hybridized carbons (Fsp3) is 0.0526. The quantitative estimate of drug-likeness (QED) is 0.706. The number of nitrogens with zero attached hydrogens (tertiary/aromatic N) is 1. The Labute approximate surface area is 149 Å². The van der Waals surface area contributed by atoms with Crippen LogP contribution in [-0.4, -0.2) is 10.9 Å². The summed E-state index contributed by atoms with van der Waals surface area (Å²) in [6, 6.07) is 16.5. The molecule has 3 aromatic rings. The SMILES string of the molecule is O=C(NCc1ccc(F)cc1)c1ccnc(Nc2ccc(Cl)cc2)c1. The van der Waals surface area contributed by atoms with Crippen molar-refractivity contribution in [1.82, 2.24) is 10.3 Å². The van der Waals surface area contributed by atoms with Crippen molar-refractivity contribution in [1.29, 1.82) is 0 Å². The van der Waals surface area contributed by atoms with E-state index in [1.54, 1.807) is 42.6 Å². The maximum absolute atomic E-state index is 12.9. The molecule has 1 amide bonds. The zero-order chi connectivity index (χ0) is 17.6. The molecule has 0 saturated heterocycles. The maximum Gasteiger partial charge on any atom is 0.251 e. The van der Waals surface area contributed by atoms with Gasteiger partial charge in [0.05, 0.1) is 0 Å². The number of hydrogen-bond donors (Lipinski definition) is 2. The molecular formula is C19H15ClFN3O. The summed E-state index contributed by atoms with van der Waals surface area (Å²) in [6.07, 6.45) is 1.56. The third kappa shape index (κ3) is 4.78. The van der Waals surface area contributed by atoms with Gasteiger partial charge in [-0.25, -0.2) is 9.37 Å². The van der Waals surface area contributed by atoms with Crippen molar-refractivity contribution < 1.29 is 9.18 Å². The van der Waals surface area contributed by atoms with E-state index in [1.165, 1.54) is 12.1 Å². The van der Waals surface area contributed by atoms with E-state index in [0.29, 0.717) is 22.9 Å². The number of amides is 1. The molecule has 0 saturated carbocycles. The molecule has 0 fully saturated rings. The zero-order valence-corrected chi connectivity index (χ0v) is 13.9. The van der Waals surface area contributed by atoms with Crippen LogP contribution in [0.25, 0.3) is 0 Å². The lowest BCUT2D eigenvalue weighted by atomic mass is 10.2. The van der Waals surface area contributed by atoms with E-state index in [0.717, 1.165) is 11.3 Å². The second kappa shape index (κ2) is 7.77. The van der Waals surface area contributed by atoms with Gasteiger partial charge in [0.2, 0.25) is 0 Å². The molecule has 126 valence electrons. The standard InChI is InChI=1S/C19H15ClFN3O/c20-15-3-7-17(8-4-15)24-18-11-14(9-10-22-18)19(25)23-12-13-1-5-16(21)6-2-13/h1-11H,12H2,(H,22,24)(H,23,25). The summed E-state index contributed by atoms with van der Waals surface area (Å²) in [5, 5.41) is 6.56. The lowest BCUT2D eigenvalue weighted by molar-refractivity contribution is 0.0951. The predicted octanol–water partition coefficient (Wildman–Crippen LogP) is 4.55. The molecule has 2 aromatic carbocycles. The van der Waals surface area contributed by atoms with E-state index >= 15 is 0 Å². The maximum atomic E-state index is 12.9. The molecule has 3 rings (SSSR count). The van der Waals surface area contributed by atoms with Crippen LogP contribution in [0, 0.1) is 5.82 Å². The summed E-state index contributed by atoms with van der Waals surface area (Å²) in [4.78, 5) is 16.5. The van der Waals surface area contributed by atoms with Crippen LogP contribution in [0.1, 0.15) is 15.9 Å². The summed E-state index contributed by atoms with van der Waals surface area (Å²) in [7, 11) is 0. The molecule has 6 heteroatoms. The molecule has 0 bridgehead atoms. The van der Waals surface area contributed by atoms with Crippen LogP contribution in [0.5, 0.6) is 0 Å². The van der Waals surface area contributed by atoms with Gasteiger partial charge in [0.25, 0.3) is 5.91 Å². The van der Waals surface area contributed by atoms with Crippen LogP contribution in [0.4, 0.5) is 15.9 Å². The molecule has 0 aliphatic heterocycles. The molecule has 0 spiro atoms. The highest BCUT2D eigenvalue weighted by Crippen LogP contribution is 2.18. The van der Waals surface area contributed by atoms with Gasteiger partial charge in [-0.2, -0.15) is 0 Å². The van der Waals surface area contributed by atoms with Crippen molar-refractivity contribution in [3.05, 3.63) is 88.8 Å². The number of aromatic nitrogens is 1. The second-order valence-corrected chi connectivity index (χ2v) is 5.81. The van der Waals surface area contributed by atoms with E-state index in [-0.39, 0.29) is 11.7 Å². The predicted molar refractivity (Wildman–Crippen MR) is 96.5 cm³/mol. The largest absolute Gasteiger partial charge is 0.348 e. The first-order chi connectivity index (χ1) is 12.1. The fourth-order valence-corrected chi connectivity index (χ4v) is 2.33. The molecule has 0 aliphatic carbocycles. The number of carbonyl (C=O) groups is 1. The summed E-state index contributed by atoms with van der Waals surface area (Å²) < 4.78 is 12.9. The first-order valence-corrected chi connectivity index (χ1v) is 7.99. The molecule has 0 radical (unpaired) electrons. The average Bonchev–Trinajstić information content (AvgIpc) is 2.63.